The summed E-state index contributed by atoms with van der Waals surface area (Å²) < 4.78 is 107. The van der Waals surface area contributed by atoms with E-state index in [2.05, 4.69) is 18.9 Å². The van der Waals surface area contributed by atoms with Crippen LogP contribution in [0, 0.1) is 20.8 Å². The summed E-state index contributed by atoms with van der Waals surface area (Å²) in [6.07, 6.45) is -11.4. The molecule has 0 aliphatic carbocycles. The number of para-hydroxylation sites is 1. The van der Waals surface area contributed by atoms with Crippen LogP contribution in [0.2, 0.25) is 0 Å². The van der Waals surface area contributed by atoms with Gasteiger partial charge in [0.05, 0.1) is 5.56 Å². The zero-order chi connectivity index (χ0) is 38.0. The van der Waals surface area contributed by atoms with Crippen molar-refractivity contribution in [3.63, 3.8) is 0 Å². The molecule has 0 saturated heterocycles. The fourth-order valence-electron chi connectivity index (χ4n) is 5.81. The van der Waals surface area contributed by atoms with Gasteiger partial charge in [0.15, 0.2) is 23.0 Å². The smallest absolute Gasteiger partial charge is 0.395 e. The molecule has 6 aromatic rings. The Morgan fingerprint density at radius 1 is 0.415 bits per heavy atom. The van der Waals surface area contributed by atoms with Gasteiger partial charge < -0.3 is 18.9 Å². The first-order valence-electron chi connectivity index (χ1n) is 16.2. The van der Waals surface area contributed by atoms with E-state index in [9.17, 15) is 30.7 Å². The third-order valence-corrected chi connectivity index (χ3v) is 8.39. The molecule has 2 aliphatic heterocycles. The lowest BCUT2D eigenvalue weighted by molar-refractivity contribution is -0.287. The van der Waals surface area contributed by atoms with E-state index in [1.807, 2.05) is 93.6 Å². The molecule has 0 bridgehead atoms. The Bertz CT molecular complexity index is 2230. The third kappa shape index (κ3) is 8.57. The summed E-state index contributed by atoms with van der Waals surface area (Å²) in [4.78, 5) is 0. The van der Waals surface area contributed by atoms with E-state index in [-0.39, 0.29) is 23.0 Å². The first-order chi connectivity index (χ1) is 25.1. The van der Waals surface area contributed by atoms with Crippen molar-refractivity contribution in [2.45, 2.75) is 39.5 Å². The zero-order valence-electron chi connectivity index (χ0n) is 28.5. The molecule has 0 atom stereocenters. The number of rotatable bonds is 3. The molecule has 0 aromatic heterocycles. The van der Waals surface area contributed by atoms with Crippen LogP contribution in [-0.2, 0) is 6.18 Å². The van der Waals surface area contributed by atoms with Crippen LogP contribution in [0.5, 0.6) is 23.0 Å². The molecule has 6 aromatic carbocycles. The van der Waals surface area contributed by atoms with Gasteiger partial charge in [0, 0.05) is 5.56 Å². The SMILES string of the molecule is Cc1ccccc1-c1ccc(C(F)(F)F)cc1.Cc1ccccc1-c1ccc2c(c1)OC(F)(F)O2.Cc1ccccc1-c1cccc2c1OC(F)(F)O2. The molecule has 0 unspecified atom stereocenters. The fraction of sp³-hybridized carbons (Fsp3) is 0.143. The topological polar surface area (TPSA) is 36.9 Å². The number of benzene rings is 6. The molecule has 0 saturated carbocycles. The lowest BCUT2D eigenvalue weighted by atomic mass is 9.99. The summed E-state index contributed by atoms with van der Waals surface area (Å²) in [5.74, 6) is 0.302. The van der Waals surface area contributed by atoms with Crippen molar-refractivity contribution in [1.29, 1.82) is 0 Å². The highest BCUT2D eigenvalue weighted by Gasteiger charge is 2.45. The molecule has 2 heterocycles. The van der Waals surface area contributed by atoms with Gasteiger partial charge >= 0.3 is 18.8 Å². The molecule has 8 rings (SSSR count). The molecule has 0 amide bonds. The highest BCUT2D eigenvalue weighted by Crippen LogP contribution is 2.47. The Kier molecular flexibility index (Phi) is 10.1. The van der Waals surface area contributed by atoms with E-state index in [0.29, 0.717) is 5.56 Å². The predicted molar refractivity (Wildman–Crippen MR) is 187 cm³/mol. The number of halogens is 7. The molecule has 0 fully saturated rings. The van der Waals surface area contributed by atoms with Crippen molar-refractivity contribution < 1.29 is 49.7 Å². The first kappa shape index (κ1) is 36.8. The van der Waals surface area contributed by atoms with Crippen LogP contribution in [0.1, 0.15) is 22.3 Å². The summed E-state index contributed by atoms with van der Waals surface area (Å²) in [5, 5.41) is 0. The lowest BCUT2D eigenvalue weighted by Gasteiger charge is -2.09. The number of ether oxygens (including phenoxy) is 4. The minimum atomic E-state index is -4.27. The quantitative estimate of drug-likeness (QED) is 0.170. The van der Waals surface area contributed by atoms with Gasteiger partial charge in [-0.1, -0.05) is 103 Å². The minimum absolute atomic E-state index is 0.0670. The maximum absolute atomic E-state index is 13.1. The van der Waals surface area contributed by atoms with Crippen LogP contribution in [0.25, 0.3) is 33.4 Å². The van der Waals surface area contributed by atoms with Crippen LogP contribution < -0.4 is 18.9 Å². The molecular weight excluding hydrogens is 701 g/mol. The first-order valence-corrected chi connectivity index (χ1v) is 16.2. The monoisotopic (exact) mass is 732 g/mol. The van der Waals surface area contributed by atoms with E-state index in [1.165, 1.54) is 24.3 Å². The second-order valence-corrected chi connectivity index (χ2v) is 12.1. The molecule has 4 nitrogen and oxygen atoms in total. The Morgan fingerprint density at radius 3 is 1.43 bits per heavy atom. The summed E-state index contributed by atoms with van der Waals surface area (Å²) in [6, 6.07) is 37.8. The zero-order valence-corrected chi connectivity index (χ0v) is 28.5. The Balaban J connectivity index is 0.000000136. The Morgan fingerprint density at radius 2 is 0.868 bits per heavy atom. The summed E-state index contributed by atoms with van der Waals surface area (Å²) >= 11 is 0. The van der Waals surface area contributed by atoms with Gasteiger partial charge in [-0.05, 0) is 95.6 Å². The summed E-state index contributed by atoms with van der Waals surface area (Å²) in [6.45, 7) is 5.82. The van der Waals surface area contributed by atoms with Gasteiger partial charge in [0.25, 0.3) is 0 Å². The van der Waals surface area contributed by atoms with E-state index in [0.717, 1.165) is 56.6 Å². The van der Waals surface area contributed by atoms with Gasteiger partial charge in [-0.15, -0.1) is 17.6 Å². The van der Waals surface area contributed by atoms with Crippen LogP contribution in [0.15, 0.2) is 133 Å². The van der Waals surface area contributed by atoms with Crippen LogP contribution in [0.3, 0.4) is 0 Å². The van der Waals surface area contributed by atoms with Gasteiger partial charge in [0.2, 0.25) is 0 Å². The van der Waals surface area contributed by atoms with Crippen molar-refractivity contribution in [2.75, 3.05) is 0 Å². The van der Waals surface area contributed by atoms with Crippen LogP contribution >= 0.6 is 0 Å². The fourth-order valence-corrected chi connectivity index (χ4v) is 5.81. The van der Waals surface area contributed by atoms with Crippen molar-refractivity contribution in [1.82, 2.24) is 0 Å². The lowest BCUT2D eigenvalue weighted by Crippen LogP contribution is -2.26. The maximum Gasteiger partial charge on any atom is 0.586 e. The highest BCUT2D eigenvalue weighted by molar-refractivity contribution is 5.77. The standard InChI is InChI=1S/C14H11F3.2C14H10F2O2/c1-10-4-2-3-5-13(10)11-6-8-12(9-7-11)14(15,16)17;1-9-5-2-3-6-10(9)11-7-4-8-12-13(11)18-14(15,16)17-12;1-9-4-2-3-5-11(9)10-6-7-12-13(8-10)18-14(15,16)17-12/h2-9H,1H3;2*2-8H,1H3. The number of alkyl halides is 7. The van der Waals surface area contributed by atoms with Crippen molar-refractivity contribution >= 4 is 0 Å². The van der Waals surface area contributed by atoms with Crippen molar-refractivity contribution in [2.24, 2.45) is 0 Å². The number of hydrogen-bond acceptors (Lipinski definition) is 4. The van der Waals surface area contributed by atoms with E-state index in [1.54, 1.807) is 24.3 Å². The molecule has 53 heavy (non-hydrogen) atoms. The number of aryl methyl sites for hydroxylation is 3. The average molecular weight is 733 g/mol. The number of fused-ring (bicyclic) bond motifs is 2. The normalized spacial score (nSPS) is 14.4. The van der Waals surface area contributed by atoms with Gasteiger partial charge in [-0.25, -0.2) is 0 Å². The molecule has 0 spiro atoms. The van der Waals surface area contributed by atoms with E-state index >= 15 is 0 Å². The largest absolute Gasteiger partial charge is 0.586 e. The molecule has 11 heteroatoms. The van der Waals surface area contributed by atoms with Gasteiger partial charge in [0.1, 0.15) is 0 Å². The summed E-state index contributed by atoms with van der Waals surface area (Å²) in [7, 11) is 0. The maximum atomic E-state index is 13.1. The Labute approximate surface area is 301 Å². The Hall–Kier alpha value is -5.97. The summed E-state index contributed by atoms with van der Waals surface area (Å²) in [5.41, 5.74) is 7.54. The third-order valence-electron chi connectivity index (χ3n) is 8.39. The number of hydrogen-bond donors (Lipinski definition) is 0. The molecule has 2 aliphatic rings. The highest BCUT2D eigenvalue weighted by atomic mass is 19.4. The van der Waals surface area contributed by atoms with Gasteiger partial charge in [-0.3, -0.25) is 0 Å². The second kappa shape index (κ2) is 14.6. The molecule has 0 N–H and O–H groups in total. The van der Waals surface area contributed by atoms with E-state index < -0.39 is 24.3 Å². The van der Waals surface area contributed by atoms with Gasteiger partial charge in [-0.2, -0.15) is 13.2 Å². The molecular formula is C42H31F7O4. The molecule has 0 radical (unpaired) electrons. The average Bonchev–Trinajstić information content (AvgIpc) is 3.61. The minimum Gasteiger partial charge on any atom is -0.395 e. The second-order valence-electron chi connectivity index (χ2n) is 12.1. The van der Waals surface area contributed by atoms with Crippen LogP contribution in [0.4, 0.5) is 30.7 Å². The predicted octanol–water partition coefficient (Wildman–Crippen LogP) is 12.6. The molecule has 272 valence electrons. The van der Waals surface area contributed by atoms with E-state index in [4.69, 9.17) is 0 Å². The van der Waals surface area contributed by atoms with Crippen LogP contribution in [-0.4, -0.2) is 12.6 Å². The van der Waals surface area contributed by atoms with Crippen molar-refractivity contribution in [3.8, 4) is 56.4 Å². The van der Waals surface area contributed by atoms with Crippen molar-refractivity contribution in [3.05, 3.63) is 156 Å².